The monoisotopic (exact) mass is 376 g/mol. The summed E-state index contributed by atoms with van der Waals surface area (Å²) in [5.41, 5.74) is 10.4. The Morgan fingerprint density at radius 1 is 1.11 bits per heavy atom. The Balaban J connectivity index is 1.58. The van der Waals surface area contributed by atoms with Gasteiger partial charge in [0.1, 0.15) is 0 Å². The summed E-state index contributed by atoms with van der Waals surface area (Å²) in [5, 5.41) is 4.65. The number of aromatic nitrogens is 4. The fourth-order valence-electron chi connectivity index (χ4n) is 3.56. The molecule has 7 heteroatoms. The Kier molecular flexibility index (Phi) is 4.81. The number of carbonyl (C=O) groups excluding carboxylic acids is 1. The zero-order valence-electron chi connectivity index (χ0n) is 16.2. The van der Waals surface area contributed by atoms with Gasteiger partial charge in [0.05, 0.1) is 17.1 Å². The summed E-state index contributed by atoms with van der Waals surface area (Å²) in [6, 6.07) is 10.2. The molecule has 1 aliphatic rings. The minimum Gasteiger partial charge on any atom is -0.369 e. The molecule has 1 aliphatic heterocycles. The van der Waals surface area contributed by atoms with E-state index in [1.807, 2.05) is 23.9 Å². The topological polar surface area (TPSA) is 89.9 Å². The highest BCUT2D eigenvalue weighted by molar-refractivity contribution is 5.77. The van der Waals surface area contributed by atoms with E-state index in [2.05, 4.69) is 46.2 Å². The minimum atomic E-state index is -0.214. The van der Waals surface area contributed by atoms with Crippen molar-refractivity contribution in [3.8, 4) is 16.9 Å². The van der Waals surface area contributed by atoms with E-state index in [0.717, 1.165) is 48.6 Å². The first-order valence-electron chi connectivity index (χ1n) is 9.52. The number of nitrogens with zero attached hydrogens (tertiary/aromatic N) is 5. The van der Waals surface area contributed by atoms with Crippen LogP contribution in [0.5, 0.6) is 0 Å². The van der Waals surface area contributed by atoms with Gasteiger partial charge in [-0.2, -0.15) is 5.10 Å². The molecule has 3 aromatic rings. The number of carbonyl (C=O) groups is 1. The van der Waals surface area contributed by atoms with Crippen LogP contribution >= 0.6 is 0 Å². The van der Waals surface area contributed by atoms with Gasteiger partial charge in [0.25, 0.3) is 0 Å². The Bertz CT molecular complexity index is 986. The number of piperidine rings is 1. The first-order valence-corrected chi connectivity index (χ1v) is 9.52. The minimum absolute atomic E-state index is 0.0468. The highest BCUT2D eigenvalue weighted by atomic mass is 16.1. The number of benzene rings is 1. The second-order valence-electron chi connectivity index (χ2n) is 7.31. The molecule has 144 valence electrons. The van der Waals surface area contributed by atoms with Crippen molar-refractivity contribution in [1.82, 2.24) is 19.7 Å². The molecule has 1 aromatic carbocycles. The van der Waals surface area contributed by atoms with Crippen LogP contribution in [-0.4, -0.2) is 38.7 Å². The molecule has 1 amide bonds. The van der Waals surface area contributed by atoms with Crippen LogP contribution in [0, 0.1) is 19.8 Å². The Hall–Kier alpha value is -3.22. The largest absolute Gasteiger partial charge is 0.369 e. The van der Waals surface area contributed by atoms with Gasteiger partial charge < -0.3 is 10.6 Å². The highest BCUT2D eigenvalue weighted by Crippen LogP contribution is 2.25. The molecular weight excluding hydrogens is 352 g/mol. The first-order chi connectivity index (χ1) is 13.5. The molecule has 1 saturated heterocycles. The van der Waals surface area contributed by atoms with E-state index in [9.17, 15) is 4.79 Å². The molecular formula is C21H24N6O. The lowest BCUT2D eigenvalue weighted by molar-refractivity contribution is -0.122. The van der Waals surface area contributed by atoms with E-state index < -0.39 is 0 Å². The average molecular weight is 376 g/mol. The zero-order valence-corrected chi connectivity index (χ0v) is 16.2. The quantitative estimate of drug-likeness (QED) is 0.756. The molecule has 4 rings (SSSR count). The lowest BCUT2D eigenvalue weighted by atomic mass is 9.96. The summed E-state index contributed by atoms with van der Waals surface area (Å²) in [6.07, 6.45) is 5.27. The maximum absolute atomic E-state index is 11.4. The second kappa shape index (κ2) is 7.42. The standard InChI is InChI=1S/C21H24N6O/c1-14-3-5-17(6-4-14)27-13-18(15(2)25-27)19-7-10-23-21(24-19)26-11-8-16(9-12-26)20(22)28/h3-7,10,13,16H,8-9,11-12H2,1-2H3,(H2,22,28). The SMILES string of the molecule is Cc1ccc(-n2cc(-c3ccnc(N4CCC(C(N)=O)CC4)n3)c(C)n2)cc1. The highest BCUT2D eigenvalue weighted by Gasteiger charge is 2.24. The van der Waals surface area contributed by atoms with Crippen molar-refractivity contribution in [3.63, 3.8) is 0 Å². The van der Waals surface area contributed by atoms with Crippen molar-refractivity contribution in [2.75, 3.05) is 18.0 Å². The zero-order chi connectivity index (χ0) is 19.7. The number of amides is 1. The van der Waals surface area contributed by atoms with Gasteiger partial charge in [0, 0.05) is 37.0 Å². The summed E-state index contributed by atoms with van der Waals surface area (Å²) in [6.45, 7) is 5.52. The third-order valence-corrected chi connectivity index (χ3v) is 5.30. The van der Waals surface area contributed by atoms with Crippen LogP contribution in [0.15, 0.2) is 42.7 Å². The maximum Gasteiger partial charge on any atom is 0.225 e. The number of primary amides is 1. The molecule has 0 bridgehead atoms. The molecule has 2 N–H and O–H groups in total. The molecule has 0 atom stereocenters. The third kappa shape index (κ3) is 3.60. The molecule has 0 unspecified atom stereocenters. The van der Waals surface area contributed by atoms with Gasteiger partial charge in [0.15, 0.2) is 0 Å². The van der Waals surface area contributed by atoms with E-state index in [1.165, 1.54) is 5.56 Å². The van der Waals surface area contributed by atoms with Crippen LogP contribution < -0.4 is 10.6 Å². The number of nitrogens with two attached hydrogens (primary N) is 1. The summed E-state index contributed by atoms with van der Waals surface area (Å²) in [4.78, 5) is 22.7. The van der Waals surface area contributed by atoms with E-state index in [-0.39, 0.29) is 11.8 Å². The predicted molar refractivity (Wildman–Crippen MR) is 108 cm³/mol. The number of anilines is 1. The van der Waals surface area contributed by atoms with Crippen molar-refractivity contribution in [2.45, 2.75) is 26.7 Å². The summed E-state index contributed by atoms with van der Waals surface area (Å²) in [7, 11) is 0. The molecule has 0 spiro atoms. The van der Waals surface area contributed by atoms with E-state index in [1.54, 1.807) is 6.20 Å². The smallest absolute Gasteiger partial charge is 0.225 e. The number of aryl methyl sites for hydroxylation is 2. The Labute approximate surface area is 164 Å². The maximum atomic E-state index is 11.4. The summed E-state index contributed by atoms with van der Waals surface area (Å²) < 4.78 is 1.88. The summed E-state index contributed by atoms with van der Waals surface area (Å²) >= 11 is 0. The molecule has 28 heavy (non-hydrogen) atoms. The lowest BCUT2D eigenvalue weighted by Gasteiger charge is -2.30. The van der Waals surface area contributed by atoms with Crippen LogP contribution in [0.3, 0.4) is 0 Å². The predicted octanol–water partition coefficient (Wildman–Crippen LogP) is 2.65. The fourth-order valence-corrected chi connectivity index (χ4v) is 3.56. The number of hydrogen-bond donors (Lipinski definition) is 1. The normalized spacial score (nSPS) is 15.0. The summed E-state index contributed by atoms with van der Waals surface area (Å²) in [5.74, 6) is 0.422. The van der Waals surface area contributed by atoms with Crippen molar-refractivity contribution in [2.24, 2.45) is 11.7 Å². The van der Waals surface area contributed by atoms with E-state index in [0.29, 0.717) is 5.95 Å². The number of rotatable bonds is 4. The van der Waals surface area contributed by atoms with Gasteiger partial charge >= 0.3 is 0 Å². The molecule has 1 fully saturated rings. The Morgan fingerprint density at radius 2 is 1.82 bits per heavy atom. The number of hydrogen-bond acceptors (Lipinski definition) is 5. The van der Waals surface area contributed by atoms with Crippen LogP contribution in [0.25, 0.3) is 16.9 Å². The fraction of sp³-hybridized carbons (Fsp3) is 0.333. The Morgan fingerprint density at radius 3 is 2.50 bits per heavy atom. The van der Waals surface area contributed by atoms with Gasteiger partial charge in [-0.3, -0.25) is 4.79 Å². The molecule has 0 saturated carbocycles. The van der Waals surface area contributed by atoms with Gasteiger partial charge in [0.2, 0.25) is 11.9 Å². The van der Waals surface area contributed by atoms with Crippen LogP contribution in [0.2, 0.25) is 0 Å². The van der Waals surface area contributed by atoms with Crippen molar-refractivity contribution < 1.29 is 4.79 Å². The molecule has 0 radical (unpaired) electrons. The second-order valence-corrected chi connectivity index (χ2v) is 7.31. The van der Waals surface area contributed by atoms with Gasteiger partial charge in [-0.05, 0) is 44.9 Å². The van der Waals surface area contributed by atoms with Crippen molar-refractivity contribution >= 4 is 11.9 Å². The van der Waals surface area contributed by atoms with Gasteiger partial charge in [-0.1, -0.05) is 17.7 Å². The van der Waals surface area contributed by atoms with Gasteiger partial charge in [-0.15, -0.1) is 0 Å². The third-order valence-electron chi connectivity index (χ3n) is 5.30. The molecule has 2 aromatic heterocycles. The van der Waals surface area contributed by atoms with E-state index in [4.69, 9.17) is 10.7 Å². The van der Waals surface area contributed by atoms with Crippen LogP contribution in [0.1, 0.15) is 24.1 Å². The van der Waals surface area contributed by atoms with Crippen molar-refractivity contribution in [1.29, 1.82) is 0 Å². The van der Waals surface area contributed by atoms with Crippen LogP contribution in [-0.2, 0) is 4.79 Å². The van der Waals surface area contributed by atoms with Gasteiger partial charge in [-0.25, -0.2) is 14.6 Å². The molecule has 0 aliphatic carbocycles. The molecule has 7 nitrogen and oxygen atoms in total. The molecule has 3 heterocycles. The van der Waals surface area contributed by atoms with E-state index >= 15 is 0 Å². The average Bonchev–Trinajstić information content (AvgIpc) is 3.10. The van der Waals surface area contributed by atoms with Crippen molar-refractivity contribution in [3.05, 3.63) is 54.0 Å². The van der Waals surface area contributed by atoms with Crippen LogP contribution in [0.4, 0.5) is 5.95 Å². The first kappa shape index (κ1) is 18.2. The lowest BCUT2D eigenvalue weighted by Crippen LogP contribution is -2.39.